The highest BCUT2D eigenvalue weighted by Crippen LogP contribution is 2.29. The second-order valence-corrected chi connectivity index (χ2v) is 7.96. The first kappa shape index (κ1) is 18.6. The van der Waals surface area contributed by atoms with E-state index in [9.17, 15) is 9.59 Å². The van der Waals surface area contributed by atoms with E-state index in [1.54, 1.807) is 0 Å². The van der Waals surface area contributed by atoms with Crippen molar-refractivity contribution in [2.45, 2.75) is 32.9 Å². The van der Waals surface area contributed by atoms with Crippen LogP contribution in [0.4, 0.5) is 0 Å². The number of amides is 2. The monoisotopic (exact) mass is 371 g/mol. The smallest absolute Gasteiger partial charge is 0.259 e. The van der Waals surface area contributed by atoms with Gasteiger partial charge >= 0.3 is 0 Å². The molecule has 2 N–H and O–H groups in total. The van der Waals surface area contributed by atoms with Crippen LogP contribution >= 0.6 is 11.3 Å². The summed E-state index contributed by atoms with van der Waals surface area (Å²) in [5.74, 6) is -0.400. The van der Waals surface area contributed by atoms with Crippen molar-refractivity contribution in [1.82, 2.24) is 9.80 Å². The van der Waals surface area contributed by atoms with Gasteiger partial charge in [-0.25, -0.2) is 0 Å². The lowest BCUT2D eigenvalue weighted by Gasteiger charge is -2.42. The Labute approximate surface area is 158 Å². The van der Waals surface area contributed by atoms with Crippen LogP contribution < -0.4 is 5.73 Å². The highest BCUT2D eigenvalue weighted by molar-refractivity contribution is 7.12. The van der Waals surface area contributed by atoms with Gasteiger partial charge in [0.2, 0.25) is 0 Å². The standard InChI is InChI=1S/C20H25N3O2S/c1-13(2)23-9-8-22(12-14(23)3)20(25)16-6-4-5-15(11-16)17-7-10-26-18(17)19(21)24/h4-7,10-11,13-14H,8-9,12H2,1-3H3,(H2,21,24). The molecule has 2 aromatic rings. The predicted molar refractivity (Wildman–Crippen MR) is 105 cm³/mol. The number of hydrogen-bond acceptors (Lipinski definition) is 4. The van der Waals surface area contributed by atoms with Gasteiger partial charge in [-0.2, -0.15) is 0 Å². The first-order valence-corrected chi connectivity index (χ1v) is 9.79. The molecule has 1 fully saturated rings. The normalized spacial score (nSPS) is 18.3. The summed E-state index contributed by atoms with van der Waals surface area (Å²) in [5.41, 5.74) is 7.74. The molecule has 1 atom stereocenters. The lowest BCUT2D eigenvalue weighted by Crippen LogP contribution is -2.55. The molecule has 5 nitrogen and oxygen atoms in total. The molecule has 3 rings (SSSR count). The number of hydrogen-bond donors (Lipinski definition) is 1. The van der Waals surface area contributed by atoms with E-state index in [-0.39, 0.29) is 5.91 Å². The molecule has 26 heavy (non-hydrogen) atoms. The van der Waals surface area contributed by atoms with Crippen LogP contribution in [0.15, 0.2) is 35.7 Å². The summed E-state index contributed by atoms with van der Waals surface area (Å²) < 4.78 is 0. The first-order chi connectivity index (χ1) is 12.4. The Morgan fingerprint density at radius 1 is 1.23 bits per heavy atom. The number of carbonyl (C=O) groups is 2. The van der Waals surface area contributed by atoms with Crippen LogP contribution in [0.25, 0.3) is 11.1 Å². The molecule has 0 spiro atoms. The fourth-order valence-electron chi connectivity index (χ4n) is 3.65. The van der Waals surface area contributed by atoms with Crippen molar-refractivity contribution in [3.05, 3.63) is 46.2 Å². The van der Waals surface area contributed by atoms with Gasteiger partial charge in [-0.15, -0.1) is 11.3 Å². The second kappa shape index (κ2) is 7.60. The average Bonchev–Trinajstić information content (AvgIpc) is 3.11. The molecule has 138 valence electrons. The summed E-state index contributed by atoms with van der Waals surface area (Å²) in [6.45, 7) is 8.90. The fourth-order valence-corrected chi connectivity index (χ4v) is 4.42. The quantitative estimate of drug-likeness (QED) is 0.898. The SMILES string of the molecule is CC(C)N1CCN(C(=O)c2cccc(-c3ccsc3C(N)=O)c2)CC1C. The Morgan fingerprint density at radius 2 is 2.00 bits per heavy atom. The second-order valence-electron chi connectivity index (χ2n) is 7.04. The molecule has 0 saturated carbocycles. The zero-order valence-electron chi connectivity index (χ0n) is 15.4. The number of benzene rings is 1. The molecule has 1 aromatic carbocycles. The third kappa shape index (κ3) is 3.66. The van der Waals surface area contributed by atoms with Crippen LogP contribution in [-0.4, -0.2) is 53.3 Å². The molecule has 2 heterocycles. The molecule has 1 aliphatic rings. The Hall–Kier alpha value is -2.18. The summed E-state index contributed by atoms with van der Waals surface area (Å²) in [7, 11) is 0. The zero-order chi connectivity index (χ0) is 18.8. The molecule has 0 radical (unpaired) electrons. The van der Waals surface area contributed by atoms with E-state index in [1.807, 2.05) is 40.6 Å². The molecule has 0 bridgehead atoms. The van der Waals surface area contributed by atoms with Gasteiger partial charge in [0.05, 0.1) is 4.88 Å². The maximum absolute atomic E-state index is 13.0. The van der Waals surface area contributed by atoms with E-state index in [4.69, 9.17) is 5.73 Å². The molecular weight excluding hydrogens is 346 g/mol. The number of nitrogens with zero attached hydrogens (tertiary/aromatic N) is 2. The van der Waals surface area contributed by atoms with Gasteiger partial charge in [-0.3, -0.25) is 14.5 Å². The van der Waals surface area contributed by atoms with Crippen molar-refractivity contribution in [3.63, 3.8) is 0 Å². The molecule has 0 aliphatic carbocycles. The molecule has 1 saturated heterocycles. The van der Waals surface area contributed by atoms with Gasteiger partial charge in [0, 0.05) is 42.8 Å². The van der Waals surface area contributed by atoms with E-state index in [1.165, 1.54) is 11.3 Å². The van der Waals surface area contributed by atoms with Gasteiger partial charge in [0.25, 0.3) is 11.8 Å². The highest BCUT2D eigenvalue weighted by Gasteiger charge is 2.28. The topological polar surface area (TPSA) is 66.6 Å². The van der Waals surface area contributed by atoms with Crippen LogP contribution in [0.5, 0.6) is 0 Å². The predicted octanol–water partition coefficient (Wildman–Crippen LogP) is 3.07. The lowest BCUT2D eigenvalue weighted by molar-refractivity contribution is 0.0426. The Morgan fingerprint density at radius 3 is 2.65 bits per heavy atom. The van der Waals surface area contributed by atoms with Gasteiger partial charge in [0.1, 0.15) is 0 Å². The maximum atomic E-state index is 13.0. The number of thiophene rings is 1. The molecular formula is C20H25N3O2S. The van der Waals surface area contributed by atoms with Crippen LogP contribution in [-0.2, 0) is 0 Å². The maximum Gasteiger partial charge on any atom is 0.259 e. The van der Waals surface area contributed by atoms with Crippen molar-refractivity contribution in [2.24, 2.45) is 5.73 Å². The molecule has 2 amide bonds. The fraction of sp³-hybridized carbons (Fsp3) is 0.400. The Kier molecular flexibility index (Phi) is 5.44. The minimum absolute atomic E-state index is 0.0398. The van der Waals surface area contributed by atoms with Gasteiger partial charge in [-0.05, 0) is 49.9 Å². The first-order valence-electron chi connectivity index (χ1n) is 8.91. The minimum Gasteiger partial charge on any atom is -0.365 e. The summed E-state index contributed by atoms with van der Waals surface area (Å²) in [4.78, 5) is 29.4. The number of primary amides is 1. The van der Waals surface area contributed by atoms with Crippen molar-refractivity contribution in [1.29, 1.82) is 0 Å². The number of nitrogens with two attached hydrogens (primary N) is 1. The lowest BCUT2D eigenvalue weighted by atomic mass is 10.0. The third-order valence-corrected chi connectivity index (χ3v) is 5.87. The van der Waals surface area contributed by atoms with Crippen LogP contribution in [0, 0.1) is 0 Å². The van der Waals surface area contributed by atoms with Crippen molar-refractivity contribution < 1.29 is 9.59 Å². The molecule has 1 aromatic heterocycles. The van der Waals surface area contributed by atoms with Crippen molar-refractivity contribution in [2.75, 3.05) is 19.6 Å². The summed E-state index contributed by atoms with van der Waals surface area (Å²) >= 11 is 1.32. The Bertz CT molecular complexity index is 815. The third-order valence-electron chi connectivity index (χ3n) is 4.94. The summed E-state index contributed by atoms with van der Waals surface area (Å²) in [6.07, 6.45) is 0. The van der Waals surface area contributed by atoms with Gasteiger partial charge in [0.15, 0.2) is 0 Å². The zero-order valence-corrected chi connectivity index (χ0v) is 16.3. The van der Waals surface area contributed by atoms with E-state index in [0.29, 0.717) is 22.5 Å². The van der Waals surface area contributed by atoms with Crippen LogP contribution in [0.1, 0.15) is 40.8 Å². The average molecular weight is 372 g/mol. The number of carbonyl (C=O) groups excluding carboxylic acids is 2. The van der Waals surface area contributed by atoms with Gasteiger partial charge in [-0.1, -0.05) is 12.1 Å². The Balaban J connectivity index is 1.81. The number of piperazine rings is 1. The number of rotatable bonds is 4. The molecule has 1 unspecified atom stereocenters. The minimum atomic E-state index is -0.439. The van der Waals surface area contributed by atoms with E-state index in [0.717, 1.165) is 30.8 Å². The van der Waals surface area contributed by atoms with E-state index >= 15 is 0 Å². The summed E-state index contributed by atoms with van der Waals surface area (Å²) in [6, 6.07) is 10.2. The van der Waals surface area contributed by atoms with Crippen molar-refractivity contribution >= 4 is 23.2 Å². The highest BCUT2D eigenvalue weighted by atomic mass is 32.1. The van der Waals surface area contributed by atoms with Crippen LogP contribution in [0.3, 0.4) is 0 Å². The largest absolute Gasteiger partial charge is 0.365 e. The molecule has 6 heteroatoms. The summed E-state index contributed by atoms with van der Waals surface area (Å²) in [5, 5.41) is 1.84. The van der Waals surface area contributed by atoms with Crippen LogP contribution in [0.2, 0.25) is 0 Å². The van der Waals surface area contributed by atoms with E-state index < -0.39 is 5.91 Å². The van der Waals surface area contributed by atoms with Crippen molar-refractivity contribution in [3.8, 4) is 11.1 Å². The van der Waals surface area contributed by atoms with E-state index in [2.05, 4.69) is 25.7 Å². The van der Waals surface area contributed by atoms with Gasteiger partial charge < -0.3 is 10.6 Å². The molecule has 1 aliphatic heterocycles.